The summed E-state index contributed by atoms with van der Waals surface area (Å²) in [7, 11) is 0. The Hall–Kier alpha value is -2.92. The van der Waals surface area contributed by atoms with Gasteiger partial charge in [-0.3, -0.25) is 4.79 Å². The van der Waals surface area contributed by atoms with Crippen molar-refractivity contribution in [2.75, 3.05) is 0 Å². The van der Waals surface area contributed by atoms with Crippen LogP contribution in [0, 0.1) is 0 Å². The van der Waals surface area contributed by atoms with Crippen LogP contribution in [0.15, 0.2) is 48.5 Å². The van der Waals surface area contributed by atoms with E-state index in [1.807, 2.05) is 12.1 Å². The van der Waals surface area contributed by atoms with E-state index in [9.17, 15) is 14.7 Å². The van der Waals surface area contributed by atoms with Gasteiger partial charge in [-0.1, -0.05) is 41.9 Å². The lowest BCUT2D eigenvalue weighted by Crippen LogP contribution is -2.03. The second-order valence-corrected chi connectivity index (χ2v) is 5.10. The van der Waals surface area contributed by atoms with Crippen LogP contribution in [-0.4, -0.2) is 22.3 Å². The van der Waals surface area contributed by atoms with E-state index in [4.69, 9.17) is 16.3 Å². The van der Waals surface area contributed by atoms with Gasteiger partial charge in [0, 0.05) is 0 Å². The molecule has 0 bridgehead atoms. The minimum absolute atomic E-state index is 0.0958. The van der Waals surface area contributed by atoms with Crippen LogP contribution in [-0.2, 0) is 0 Å². The monoisotopic (exact) mass is 327 g/mol. The third kappa shape index (κ3) is 2.86. The number of fused-ring (bicyclic) bond motifs is 1. The van der Waals surface area contributed by atoms with Gasteiger partial charge in [-0.2, -0.15) is 0 Å². The summed E-state index contributed by atoms with van der Waals surface area (Å²) in [5, 5.41) is 10.9. The highest BCUT2D eigenvalue weighted by Crippen LogP contribution is 2.31. The number of pyridine rings is 1. The van der Waals surface area contributed by atoms with Crippen LogP contribution in [0.4, 0.5) is 0 Å². The van der Waals surface area contributed by atoms with Gasteiger partial charge in [0.05, 0.1) is 5.56 Å². The highest BCUT2D eigenvalue weighted by molar-refractivity contribution is 6.29. The number of hydrogen-bond donors (Lipinski definition) is 1. The van der Waals surface area contributed by atoms with Crippen molar-refractivity contribution in [2.24, 2.45) is 0 Å². The van der Waals surface area contributed by atoms with E-state index in [2.05, 4.69) is 4.98 Å². The Morgan fingerprint density at radius 2 is 1.91 bits per heavy atom. The minimum atomic E-state index is -1.20. The zero-order chi connectivity index (χ0) is 16.4. The lowest BCUT2D eigenvalue weighted by atomic mass is 10.0. The van der Waals surface area contributed by atoms with Crippen LogP contribution in [0.25, 0.3) is 10.8 Å². The third-order valence-corrected chi connectivity index (χ3v) is 3.52. The summed E-state index contributed by atoms with van der Waals surface area (Å²) in [4.78, 5) is 26.6. The SMILES string of the molecule is O=Cc1c(Oc2nc(Cl)ccc2C(=O)O)ccc2ccccc12. The van der Waals surface area contributed by atoms with Crippen LogP contribution in [0.3, 0.4) is 0 Å². The number of nitrogens with zero attached hydrogens (tertiary/aromatic N) is 1. The molecule has 1 N–H and O–H groups in total. The summed E-state index contributed by atoms with van der Waals surface area (Å²) >= 11 is 5.80. The molecule has 23 heavy (non-hydrogen) atoms. The quantitative estimate of drug-likeness (QED) is 0.574. The normalized spacial score (nSPS) is 10.5. The Kier molecular flexibility index (Phi) is 3.95. The molecule has 1 heterocycles. The van der Waals surface area contributed by atoms with Gasteiger partial charge in [-0.15, -0.1) is 0 Å². The fourth-order valence-electron chi connectivity index (χ4n) is 2.25. The van der Waals surface area contributed by atoms with Crippen LogP contribution >= 0.6 is 11.6 Å². The number of halogens is 1. The van der Waals surface area contributed by atoms with Gasteiger partial charge in [0.15, 0.2) is 6.29 Å². The van der Waals surface area contributed by atoms with Crippen molar-refractivity contribution in [3.63, 3.8) is 0 Å². The van der Waals surface area contributed by atoms with E-state index in [0.29, 0.717) is 17.2 Å². The number of aromatic carboxylic acids is 1. The van der Waals surface area contributed by atoms with Gasteiger partial charge in [-0.05, 0) is 29.0 Å². The lowest BCUT2D eigenvalue weighted by molar-refractivity contribution is 0.0693. The summed E-state index contributed by atoms with van der Waals surface area (Å²) in [6.07, 6.45) is 0.669. The summed E-state index contributed by atoms with van der Waals surface area (Å²) in [6.45, 7) is 0. The molecule has 0 aliphatic rings. The first-order valence-electron chi connectivity index (χ1n) is 6.65. The van der Waals surface area contributed by atoms with Gasteiger partial charge in [-0.25, -0.2) is 9.78 Å². The van der Waals surface area contributed by atoms with Crippen molar-refractivity contribution in [1.82, 2.24) is 4.98 Å². The number of ether oxygens (including phenoxy) is 1. The smallest absolute Gasteiger partial charge is 0.341 e. The summed E-state index contributed by atoms with van der Waals surface area (Å²) in [5.74, 6) is -1.14. The zero-order valence-corrected chi connectivity index (χ0v) is 12.4. The molecular formula is C17H10ClNO4. The second-order valence-electron chi connectivity index (χ2n) is 4.71. The molecule has 0 spiro atoms. The first kappa shape index (κ1) is 15.0. The molecule has 0 atom stereocenters. The Labute approximate surface area is 136 Å². The molecule has 1 aromatic heterocycles. The van der Waals surface area contributed by atoms with Crippen molar-refractivity contribution in [1.29, 1.82) is 0 Å². The number of carboxylic acids is 1. The molecule has 3 rings (SSSR count). The number of carbonyl (C=O) groups is 2. The highest BCUT2D eigenvalue weighted by Gasteiger charge is 2.17. The van der Waals surface area contributed by atoms with Crippen LogP contribution in [0.5, 0.6) is 11.6 Å². The van der Waals surface area contributed by atoms with Crippen molar-refractivity contribution in [3.8, 4) is 11.6 Å². The van der Waals surface area contributed by atoms with Gasteiger partial charge in [0.2, 0.25) is 5.88 Å². The number of carbonyl (C=O) groups excluding carboxylic acids is 1. The van der Waals surface area contributed by atoms with E-state index in [1.54, 1.807) is 24.3 Å². The average Bonchev–Trinajstić information content (AvgIpc) is 2.54. The highest BCUT2D eigenvalue weighted by atomic mass is 35.5. The number of benzene rings is 2. The molecule has 3 aromatic rings. The molecule has 0 saturated heterocycles. The number of aldehydes is 1. The van der Waals surface area contributed by atoms with Crippen LogP contribution < -0.4 is 4.74 Å². The van der Waals surface area contributed by atoms with Crippen molar-refractivity contribution in [2.45, 2.75) is 0 Å². The fourth-order valence-corrected chi connectivity index (χ4v) is 2.39. The fraction of sp³-hybridized carbons (Fsp3) is 0. The van der Waals surface area contributed by atoms with E-state index in [-0.39, 0.29) is 22.3 Å². The van der Waals surface area contributed by atoms with E-state index >= 15 is 0 Å². The van der Waals surface area contributed by atoms with Gasteiger partial charge >= 0.3 is 5.97 Å². The van der Waals surface area contributed by atoms with E-state index in [0.717, 1.165) is 5.39 Å². The maximum atomic E-state index is 11.5. The molecule has 0 aliphatic heterocycles. The zero-order valence-electron chi connectivity index (χ0n) is 11.7. The standard InChI is InChI=1S/C17H10ClNO4/c18-15-8-6-12(17(21)22)16(19-15)23-14-7-5-10-3-1-2-4-11(10)13(14)9-20/h1-9H,(H,21,22). The molecule has 0 fully saturated rings. The molecule has 114 valence electrons. The second kappa shape index (κ2) is 6.06. The summed E-state index contributed by atoms with van der Waals surface area (Å²) < 4.78 is 5.57. The largest absolute Gasteiger partial charge is 0.477 e. The van der Waals surface area contributed by atoms with E-state index < -0.39 is 5.97 Å². The number of rotatable bonds is 4. The number of hydrogen-bond acceptors (Lipinski definition) is 4. The maximum Gasteiger partial charge on any atom is 0.341 e. The lowest BCUT2D eigenvalue weighted by Gasteiger charge is -2.11. The van der Waals surface area contributed by atoms with Crippen LogP contribution in [0.2, 0.25) is 5.15 Å². The maximum absolute atomic E-state index is 11.5. The van der Waals surface area contributed by atoms with Crippen molar-refractivity contribution < 1.29 is 19.4 Å². The summed E-state index contributed by atoms with van der Waals surface area (Å²) in [6, 6.07) is 13.4. The third-order valence-electron chi connectivity index (χ3n) is 3.31. The molecule has 0 unspecified atom stereocenters. The first-order valence-corrected chi connectivity index (χ1v) is 7.02. The van der Waals surface area contributed by atoms with Crippen molar-refractivity contribution in [3.05, 3.63) is 64.8 Å². The van der Waals surface area contributed by atoms with E-state index in [1.165, 1.54) is 12.1 Å². The van der Waals surface area contributed by atoms with Gasteiger partial charge in [0.25, 0.3) is 0 Å². The molecule has 0 aliphatic carbocycles. The molecule has 0 amide bonds. The Bertz CT molecular complexity index is 924. The predicted molar refractivity (Wildman–Crippen MR) is 85.6 cm³/mol. The molecule has 2 aromatic carbocycles. The minimum Gasteiger partial charge on any atom is -0.477 e. The Balaban J connectivity index is 2.14. The molecular weight excluding hydrogens is 318 g/mol. The molecule has 0 saturated carbocycles. The summed E-state index contributed by atoms with van der Waals surface area (Å²) in [5.41, 5.74) is 0.181. The molecule has 5 nitrogen and oxygen atoms in total. The first-order chi connectivity index (χ1) is 11.1. The predicted octanol–water partition coefficient (Wildman–Crippen LogP) is 4.19. The number of carboxylic acid groups (broad SMARTS) is 1. The number of aromatic nitrogens is 1. The molecule has 6 heteroatoms. The van der Waals surface area contributed by atoms with Gasteiger partial charge < -0.3 is 9.84 Å². The Morgan fingerprint density at radius 1 is 1.13 bits per heavy atom. The average molecular weight is 328 g/mol. The van der Waals surface area contributed by atoms with Crippen LogP contribution in [0.1, 0.15) is 20.7 Å². The Morgan fingerprint density at radius 3 is 2.65 bits per heavy atom. The topological polar surface area (TPSA) is 76.5 Å². The molecule has 0 radical (unpaired) electrons. The van der Waals surface area contributed by atoms with Crippen molar-refractivity contribution >= 4 is 34.6 Å². The van der Waals surface area contributed by atoms with Gasteiger partial charge in [0.1, 0.15) is 16.5 Å².